The summed E-state index contributed by atoms with van der Waals surface area (Å²) < 4.78 is 5.16. The normalized spacial score (nSPS) is 16.0. The van der Waals surface area contributed by atoms with Gasteiger partial charge < -0.3 is 4.74 Å². The van der Waals surface area contributed by atoms with Crippen molar-refractivity contribution in [3.8, 4) is 0 Å². The quantitative estimate of drug-likeness (QED) is 0.587. The highest BCUT2D eigenvalue weighted by molar-refractivity contribution is 6.36. The lowest BCUT2D eigenvalue weighted by Gasteiger charge is -2.02. The van der Waals surface area contributed by atoms with Crippen LogP contribution in [0.5, 0.6) is 0 Å². The van der Waals surface area contributed by atoms with Crippen LogP contribution in [-0.4, -0.2) is 11.9 Å². The van der Waals surface area contributed by atoms with Crippen molar-refractivity contribution in [2.24, 2.45) is 4.99 Å². The number of hydrogen-bond donors (Lipinski definition) is 0. The van der Waals surface area contributed by atoms with Crippen molar-refractivity contribution in [3.63, 3.8) is 0 Å². The van der Waals surface area contributed by atoms with E-state index in [1.54, 1.807) is 30.4 Å². The van der Waals surface area contributed by atoms with E-state index in [-0.39, 0.29) is 11.6 Å². The summed E-state index contributed by atoms with van der Waals surface area (Å²) in [5.74, 6) is -0.365. The van der Waals surface area contributed by atoms with E-state index in [0.717, 1.165) is 5.56 Å². The van der Waals surface area contributed by atoms with Gasteiger partial charge in [0.15, 0.2) is 5.70 Å². The second-order valence-corrected chi connectivity index (χ2v) is 5.60. The number of benzene rings is 2. The second kappa shape index (κ2) is 6.82. The summed E-state index contributed by atoms with van der Waals surface area (Å²) in [4.78, 5) is 16.1. The Morgan fingerprint density at radius 3 is 2.61 bits per heavy atom. The van der Waals surface area contributed by atoms with Gasteiger partial charge in [0, 0.05) is 5.02 Å². The molecule has 2 aromatic carbocycles. The Bertz CT molecular complexity index is 839. The highest BCUT2D eigenvalue weighted by Gasteiger charge is 2.25. The monoisotopic (exact) mass is 343 g/mol. The summed E-state index contributed by atoms with van der Waals surface area (Å²) in [6.45, 7) is 0. The highest BCUT2D eigenvalue weighted by atomic mass is 35.5. The van der Waals surface area contributed by atoms with Crippen LogP contribution in [0.2, 0.25) is 10.0 Å². The molecule has 23 heavy (non-hydrogen) atoms. The molecule has 0 fully saturated rings. The van der Waals surface area contributed by atoms with Crippen LogP contribution in [-0.2, 0) is 9.53 Å². The average molecular weight is 344 g/mol. The van der Waals surface area contributed by atoms with Gasteiger partial charge in [0.1, 0.15) is 0 Å². The molecule has 0 saturated heterocycles. The maximum Gasteiger partial charge on any atom is 0.363 e. The van der Waals surface area contributed by atoms with Gasteiger partial charge in [-0.3, -0.25) is 0 Å². The van der Waals surface area contributed by atoms with Crippen LogP contribution >= 0.6 is 23.2 Å². The van der Waals surface area contributed by atoms with Gasteiger partial charge >= 0.3 is 5.97 Å². The van der Waals surface area contributed by atoms with Gasteiger partial charge in [-0.1, -0.05) is 65.7 Å². The van der Waals surface area contributed by atoms with Crippen LogP contribution in [0.15, 0.2) is 71.4 Å². The minimum Gasteiger partial charge on any atom is -0.402 e. The molecule has 0 radical (unpaired) electrons. The molecule has 114 valence electrons. The minimum absolute atomic E-state index is 0.155. The summed E-state index contributed by atoms with van der Waals surface area (Å²) in [5, 5.41) is 0.909. The molecule has 3 rings (SSSR count). The first-order chi connectivity index (χ1) is 11.1. The third-order valence-corrected chi connectivity index (χ3v) is 3.69. The third-order valence-electron chi connectivity index (χ3n) is 3.12. The SMILES string of the molecule is O=C1OC(c2cc(Cl)ccc2Cl)=N/C1=C\C=C\c1ccccc1. The topological polar surface area (TPSA) is 38.7 Å². The molecule has 0 bridgehead atoms. The van der Waals surface area contributed by atoms with E-state index in [1.807, 2.05) is 36.4 Å². The molecule has 1 heterocycles. The van der Waals surface area contributed by atoms with Crippen molar-refractivity contribution in [1.82, 2.24) is 0 Å². The van der Waals surface area contributed by atoms with Gasteiger partial charge in [-0.05, 0) is 29.8 Å². The van der Waals surface area contributed by atoms with Crippen LogP contribution in [0.3, 0.4) is 0 Å². The minimum atomic E-state index is -0.520. The molecular weight excluding hydrogens is 333 g/mol. The molecule has 0 N–H and O–H groups in total. The molecule has 0 unspecified atom stereocenters. The van der Waals surface area contributed by atoms with Gasteiger partial charge in [0.05, 0.1) is 10.6 Å². The fourth-order valence-electron chi connectivity index (χ4n) is 2.01. The smallest absolute Gasteiger partial charge is 0.363 e. The number of rotatable bonds is 3. The maximum atomic E-state index is 11.9. The predicted molar refractivity (Wildman–Crippen MR) is 92.6 cm³/mol. The van der Waals surface area contributed by atoms with Gasteiger partial charge in [0.2, 0.25) is 5.90 Å². The van der Waals surface area contributed by atoms with Crippen LogP contribution in [0.1, 0.15) is 11.1 Å². The van der Waals surface area contributed by atoms with Crippen molar-refractivity contribution in [2.45, 2.75) is 0 Å². The molecule has 5 heteroatoms. The summed E-state index contributed by atoms with van der Waals surface area (Å²) in [6.07, 6.45) is 5.22. The molecule has 1 aliphatic heterocycles. The number of carbonyl (C=O) groups excluding carboxylic acids is 1. The first kappa shape index (κ1) is 15.5. The van der Waals surface area contributed by atoms with E-state index in [2.05, 4.69) is 4.99 Å². The summed E-state index contributed by atoms with van der Waals surface area (Å²) in [5.41, 5.74) is 1.73. The molecule has 2 aromatic rings. The standard InChI is InChI=1S/C18H11Cl2NO2/c19-13-9-10-15(20)14(11-13)17-21-16(18(22)23-17)8-4-7-12-5-2-1-3-6-12/h1-11H/b7-4+,16-8-. The fraction of sp³-hybridized carbons (Fsp3) is 0. The van der Waals surface area contributed by atoms with E-state index in [1.165, 1.54) is 0 Å². The van der Waals surface area contributed by atoms with E-state index >= 15 is 0 Å². The summed E-state index contributed by atoms with van der Waals surface area (Å²) in [7, 11) is 0. The van der Waals surface area contributed by atoms with Crippen molar-refractivity contribution in [1.29, 1.82) is 0 Å². The van der Waals surface area contributed by atoms with Crippen molar-refractivity contribution >= 4 is 41.1 Å². The largest absolute Gasteiger partial charge is 0.402 e. The van der Waals surface area contributed by atoms with E-state index in [9.17, 15) is 4.79 Å². The Kier molecular flexibility index (Phi) is 4.60. The molecule has 1 aliphatic rings. The van der Waals surface area contributed by atoms with Crippen molar-refractivity contribution in [3.05, 3.63) is 87.6 Å². The number of halogens is 2. The van der Waals surface area contributed by atoms with E-state index < -0.39 is 5.97 Å². The third kappa shape index (κ3) is 3.70. The Labute approximate surface area is 143 Å². The molecule has 0 spiro atoms. The molecule has 0 aliphatic carbocycles. The fourth-order valence-corrected chi connectivity index (χ4v) is 2.38. The predicted octanol–water partition coefficient (Wildman–Crippen LogP) is 4.89. The number of aliphatic imine (C=N–C) groups is 1. The lowest BCUT2D eigenvalue weighted by Crippen LogP contribution is -2.05. The Balaban J connectivity index is 1.85. The number of cyclic esters (lactones) is 1. The van der Waals surface area contributed by atoms with E-state index in [0.29, 0.717) is 15.6 Å². The number of carbonyl (C=O) groups is 1. The van der Waals surface area contributed by atoms with Crippen molar-refractivity contribution in [2.75, 3.05) is 0 Å². The molecule has 0 saturated carbocycles. The zero-order chi connectivity index (χ0) is 16.2. The number of ether oxygens (including phenoxy) is 1. The van der Waals surface area contributed by atoms with Crippen LogP contribution in [0.4, 0.5) is 0 Å². The molecule has 0 aromatic heterocycles. The summed E-state index contributed by atoms with van der Waals surface area (Å²) in [6, 6.07) is 14.6. The zero-order valence-corrected chi connectivity index (χ0v) is 13.4. The van der Waals surface area contributed by atoms with Crippen LogP contribution < -0.4 is 0 Å². The lowest BCUT2D eigenvalue weighted by atomic mass is 10.2. The Morgan fingerprint density at radius 1 is 1.04 bits per heavy atom. The van der Waals surface area contributed by atoms with Gasteiger partial charge in [-0.15, -0.1) is 0 Å². The number of hydrogen-bond acceptors (Lipinski definition) is 3. The first-order valence-corrected chi connectivity index (χ1v) is 7.59. The lowest BCUT2D eigenvalue weighted by molar-refractivity contribution is -0.130. The molecule has 3 nitrogen and oxygen atoms in total. The molecule has 0 atom stereocenters. The maximum absolute atomic E-state index is 11.9. The van der Waals surface area contributed by atoms with Crippen LogP contribution in [0.25, 0.3) is 6.08 Å². The summed E-state index contributed by atoms with van der Waals surface area (Å²) >= 11 is 12.0. The first-order valence-electron chi connectivity index (χ1n) is 6.83. The average Bonchev–Trinajstić information content (AvgIpc) is 2.92. The Hall–Kier alpha value is -2.36. The molecular formula is C18H11Cl2NO2. The van der Waals surface area contributed by atoms with Crippen molar-refractivity contribution < 1.29 is 9.53 Å². The highest BCUT2D eigenvalue weighted by Crippen LogP contribution is 2.25. The zero-order valence-electron chi connectivity index (χ0n) is 11.9. The van der Waals surface area contributed by atoms with Gasteiger partial charge in [0.25, 0.3) is 0 Å². The Morgan fingerprint density at radius 2 is 1.83 bits per heavy atom. The van der Waals surface area contributed by atoms with Gasteiger partial charge in [-0.25, -0.2) is 9.79 Å². The van der Waals surface area contributed by atoms with Gasteiger partial charge in [-0.2, -0.15) is 0 Å². The number of esters is 1. The molecule has 0 amide bonds. The second-order valence-electron chi connectivity index (χ2n) is 4.75. The number of allylic oxidation sites excluding steroid dienone is 2. The number of nitrogens with zero attached hydrogens (tertiary/aromatic N) is 1. The van der Waals surface area contributed by atoms with E-state index in [4.69, 9.17) is 27.9 Å². The van der Waals surface area contributed by atoms with Crippen LogP contribution in [0, 0.1) is 0 Å².